The van der Waals surface area contributed by atoms with Crippen molar-refractivity contribution in [3.05, 3.63) is 51.2 Å². The number of methoxy groups -OCH3 is 1. The first-order valence-corrected chi connectivity index (χ1v) is 6.37. The molecule has 19 heavy (non-hydrogen) atoms. The predicted octanol–water partition coefficient (Wildman–Crippen LogP) is 2.99. The van der Waals surface area contributed by atoms with Gasteiger partial charge in [0, 0.05) is 10.4 Å². The van der Waals surface area contributed by atoms with Crippen LogP contribution in [0.5, 0.6) is 5.75 Å². The van der Waals surface area contributed by atoms with E-state index in [2.05, 4.69) is 0 Å². The molecule has 0 aliphatic carbocycles. The van der Waals surface area contributed by atoms with Gasteiger partial charge >= 0.3 is 5.97 Å². The van der Waals surface area contributed by atoms with Crippen molar-refractivity contribution >= 4 is 23.1 Å². The maximum Gasteiger partial charge on any atom is 0.336 e. The Morgan fingerprint density at radius 1 is 1.16 bits per heavy atom. The van der Waals surface area contributed by atoms with Crippen molar-refractivity contribution in [1.29, 1.82) is 0 Å². The lowest BCUT2D eigenvalue weighted by molar-refractivity contribution is 0.0692. The molecule has 4 nitrogen and oxygen atoms in total. The van der Waals surface area contributed by atoms with Gasteiger partial charge in [-0.05, 0) is 37.3 Å². The van der Waals surface area contributed by atoms with E-state index >= 15 is 0 Å². The number of carboxylic acids is 1. The molecule has 0 aliphatic rings. The van der Waals surface area contributed by atoms with Crippen LogP contribution in [0.15, 0.2) is 30.3 Å². The number of benzene rings is 1. The normalized spacial score (nSPS) is 10.2. The SMILES string of the molecule is COc1ccc(C(=O)c2ccc(C)s2)c(C(=O)O)c1. The molecule has 2 rings (SSSR count). The molecule has 0 radical (unpaired) electrons. The highest BCUT2D eigenvalue weighted by Gasteiger charge is 2.19. The van der Waals surface area contributed by atoms with E-state index in [1.165, 1.54) is 30.6 Å². The van der Waals surface area contributed by atoms with E-state index in [1.807, 2.05) is 13.0 Å². The summed E-state index contributed by atoms with van der Waals surface area (Å²) in [4.78, 5) is 25.1. The van der Waals surface area contributed by atoms with Gasteiger partial charge in [0.05, 0.1) is 17.6 Å². The molecule has 0 saturated carbocycles. The topological polar surface area (TPSA) is 63.6 Å². The Morgan fingerprint density at radius 2 is 1.89 bits per heavy atom. The van der Waals surface area contributed by atoms with Crippen LogP contribution in [-0.4, -0.2) is 24.0 Å². The molecule has 0 saturated heterocycles. The molecule has 0 amide bonds. The minimum atomic E-state index is -1.14. The van der Waals surface area contributed by atoms with Crippen LogP contribution in [0.4, 0.5) is 0 Å². The standard InChI is InChI=1S/C14H12O4S/c1-8-3-6-12(19-8)13(15)10-5-4-9(18-2)7-11(10)14(16)17/h3-7H,1-2H3,(H,16,17). The number of ketones is 1. The monoisotopic (exact) mass is 276 g/mol. The van der Waals surface area contributed by atoms with E-state index in [1.54, 1.807) is 12.1 Å². The Bertz CT molecular complexity index is 643. The third-order valence-electron chi connectivity index (χ3n) is 2.67. The van der Waals surface area contributed by atoms with Crippen molar-refractivity contribution in [3.63, 3.8) is 0 Å². The highest BCUT2D eigenvalue weighted by molar-refractivity contribution is 7.14. The summed E-state index contributed by atoms with van der Waals surface area (Å²) in [5.74, 6) is -1.01. The lowest BCUT2D eigenvalue weighted by atomic mass is 10.0. The second-order valence-electron chi connectivity index (χ2n) is 3.96. The van der Waals surface area contributed by atoms with Crippen LogP contribution in [0.3, 0.4) is 0 Å². The van der Waals surface area contributed by atoms with Crippen LogP contribution in [0.1, 0.15) is 30.5 Å². The Kier molecular flexibility index (Phi) is 3.66. The number of carbonyl (C=O) groups is 2. The fraction of sp³-hybridized carbons (Fsp3) is 0.143. The summed E-state index contributed by atoms with van der Waals surface area (Å²) in [5, 5.41) is 9.18. The average molecular weight is 276 g/mol. The van der Waals surface area contributed by atoms with Crippen molar-refractivity contribution in [1.82, 2.24) is 0 Å². The number of aryl methyl sites for hydroxylation is 1. The summed E-state index contributed by atoms with van der Waals surface area (Å²) in [6.45, 7) is 1.90. The lowest BCUT2D eigenvalue weighted by Gasteiger charge is -2.06. The number of thiophene rings is 1. The number of hydrogen-bond donors (Lipinski definition) is 1. The molecule has 1 aromatic carbocycles. The van der Waals surface area contributed by atoms with Crippen molar-refractivity contribution in [2.24, 2.45) is 0 Å². The summed E-state index contributed by atoms with van der Waals surface area (Å²) < 4.78 is 4.98. The van der Waals surface area contributed by atoms with Gasteiger partial charge in [-0.2, -0.15) is 0 Å². The number of rotatable bonds is 4. The van der Waals surface area contributed by atoms with Gasteiger partial charge in [0.1, 0.15) is 5.75 Å². The molecule has 1 N–H and O–H groups in total. The molecule has 0 atom stereocenters. The zero-order valence-corrected chi connectivity index (χ0v) is 11.3. The molecule has 0 bridgehead atoms. The van der Waals surface area contributed by atoms with Gasteiger partial charge < -0.3 is 9.84 Å². The van der Waals surface area contributed by atoms with E-state index in [-0.39, 0.29) is 16.9 Å². The van der Waals surface area contributed by atoms with Gasteiger partial charge in [-0.3, -0.25) is 4.79 Å². The molecule has 0 fully saturated rings. The maximum atomic E-state index is 12.3. The molecule has 0 unspecified atom stereocenters. The average Bonchev–Trinajstić information content (AvgIpc) is 2.83. The van der Waals surface area contributed by atoms with Gasteiger partial charge in [0.25, 0.3) is 0 Å². The zero-order chi connectivity index (χ0) is 14.0. The largest absolute Gasteiger partial charge is 0.497 e. The fourth-order valence-corrected chi connectivity index (χ4v) is 2.54. The second kappa shape index (κ2) is 5.24. The van der Waals surface area contributed by atoms with E-state index in [0.29, 0.717) is 10.6 Å². The minimum Gasteiger partial charge on any atom is -0.497 e. The first-order chi connectivity index (χ1) is 9.02. The van der Waals surface area contributed by atoms with Crippen LogP contribution in [0, 0.1) is 6.92 Å². The Balaban J connectivity index is 2.49. The zero-order valence-electron chi connectivity index (χ0n) is 10.5. The number of carboxylic acid groups (broad SMARTS) is 1. The molecule has 0 aliphatic heterocycles. The number of hydrogen-bond acceptors (Lipinski definition) is 4. The Labute approximate surface area is 114 Å². The van der Waals surface area contributed by atoms with Gasteiger partial charge in [0.2, 0.25) is 5.78 Å². The quantitative estimate of drug-likeness (QED) is 0.872. The second-order valence-corrected chi connectivity index (χ2v) is 5.24. The highest BCUT2D eigenvalue weighted by atomic mass is 32.1. The molecule has 98 valence electrons. The van der Waals surface area contributed by atoms with E-state index in [9.17, 15) is 14.7 Å². The molecular weight excluding hydrogens is 264 g/mol. The fourth-order valence-electron chi connectivity index (χ4n) is 1.71. The summed E-state index contributed by atoms with van der Waals surface area (Å²) in [7, 11) is 1.45. The van der Waals surface area contributed by atoms with Crippen LogP contribution >= 0.6 is 11.3 Å². The Morgan fingerprint density at radius 3 is 2.42 bits per heavy atom. The summed E-state index contributed by atoms with van der Waals surface area (Å²) >= 11 is 1.35. The van der Waals surface area contributed by atoms with Gasteiger partial charge in [0.15, 0.2) is 0 Å². The van der Waals surface area contributed by atoms with E-state index in [0.717, 1.165) is 4.88 Å². The van der Waals surface area contributed by atoms with Gasteiger partial charge in [-0.1, -0.05) is 0 Å². The number of aromatic carboxylic acids is 1. The van der Waals surface area contributed by atoms with Crippen LogP contribution in [0.2, 0.25) is 0 Å². The summed E-state index contributed by atoms with van der Waals surface area (Å²) in [6.07, 6.45) is 0. The van der Waals surface area contributed by atoms with Crippen molar-refractivity contribution < 1.29 is 19.4 Å². The highest BCUT2D eigenvalue weighted by Crippen LogP contribution is 2.24. The molecule has 5 heteroatoms. The Hall–Kier alpha value is -2.14. The molecule has 1 heterocycles. The first kappa shape index (κ1) is 13.3. The third kappa shape index (κ3) is 2.66. The lowest BCUT2D eigenvalue weighted by Crippen LogP contribution is -2.09. The summed E-state index contributed by atoms with van der Waals surface area (Å²) in [6, 6.07) is 7.97. The smallest absolute Gasteiger partial charge is 0.336 e. The number of carbonyl (C=O) groups excluding carboxylic acids is 1. The van der Waals surface area contributed by atoms with Crippen LogP contribution in [0.25, 0.3) is 0 Å². The van der Waals surface area contributed by atoms with Gasteiger partial charge in [-0.25, -0.2) is 4.79 Å². The minimum absolute atomic E-state index is 0.0459. The van der Waals surface area contributed by atoms with Crippen molar-refractivity contribution in [2.75, 3.05) is 7.11 Å². The van der Waals surface area contributed by atoms with Crippen molar-refractivity contribution in [3.8, 4) is 5.75 Å². The molecule has 0 spiro atoms. The third-order valence-corrected chi connectivity index (χ3v) is 3.67. The molecular formula is C14H12O4S. The van der Waals surface area contributed by atoms with Gasteiger partial charge in [-0.15, -0.1) is 11.3 Å². The van der Waals surface area contributed by atoms with E-state index < -0.39 is 5.97 Å². The number of ether oxygens (including phenoxy) is 1. The van der Waals surface area contributed by atoms with Crippen LogP contribution < -0.4 is 4.74 Å². The van der Waals surface area contributed by atoms with Crippen LogP contribution in [-0.2, 0) is 0 Å². The summed E-state index contributed by atoms with van der Waals surface area (Å²) in [5.41, 5.74) is 0.130. The first-order valence-electron chi connectivity index (χ1n) is 5.55. The predicted molar refractivity (Wildman–Crippen MR) is 72.4 cm³/mol. The van der Waals surface area contributed by atoms with E-state index in [4.69, 9.17) is 4.74 Å². The van der Waals surface area contributed by atoms with Crippen molar-refractivity contribution in [2.45, 2.75) is 6.92 Å². The molecule has 1 aromatic heterocycles. The maximum absolute atomic E-state index is 12.3. The molecule has 2 aromatic rings.